The van der Waals surface area contributed by atoms with Crippen LogP contribution in [0, 0.1) is 19.3 Å². The minimum absolute atomic E-state index is 0.383. The normalized spacial score (nSPS) is 24.8. The van der Waals surface area contributed by atoms with Gasteiger partial charge in [-0.05, 0) is 38.3 Å². The minimum atomic E-state index is -1.05. The molecule has 0 unspecified atom stereocenters. The molecule has 1 heterocycles. The lowest BCUT2D eigenvalue weighted by atomic mass is 9.74. The first-order valence-corrected chi connectivity index (χ1v) is 8.73. The van der Waals surface area contributed by atoms with E-state index in [4.69, 9.17) is 4.74 Å². The van der Waals surface area contributed by atoms with Gasteiger partial charge in [-0.15, -0.1) is 0 Å². The Balaban J connectivity index is 1.94. The number of benzene rings is 1. The van der Waals surface area contributed by atoms with Crippen LogP contribution in [0.4, 0.5) is 0 Å². The van der Waals surface area contributed by atoms with Crippen LogP contribution in [0.5, 0.6) is 5.75 Å². The van der Waals surface area contributed by atoms with E-state index in [1.54, 1.807) is 0 Å². The average molecular weight is 335 g/mol. The lowest BCUT2D eigenvalue weighted by molar-refractivity contribution is -0.164. The molecular formula is C19H29NO4. The molecule has 1 aliphatic heterocycles. The number of nitrogens with zero attached hydrogens (tertiary/aromatic N) is 1. The van der Waals surface area contributed by atoms with Crippen LogP contribution >= 0.6 is 0 Å². The van der Waals surface area contributed by atoms with Gasteiger partial charge in [0.15, 0.2) is 0 Å². The van der Waals surface area contributed by atoms with Crippen molar-refractivity contribution in [1.82, 2.24) is 4.90 Å². The third-order valence-corrected chi connectivity index (χ3v) is 4.98. The summed E-state index contributed by atoms with van der Waals surface area (Å²) in [5, 5.41) is 19.9. The number of likely N-dealkylation sites (tertiary alicyclic amines) is 1. The molecular weight excluding hydrogens is 306 g/mol. The highest BCUT2D eigenvalue weighted by Crippen LogP contribution is 2.35. The predicted molar refractivity (Wildman–Crippen MR) is 93.5 cm³/mol. The van der Waals surface area contributed by atoms with Crippen LogP contribution in [0.3, 0.4) is 0 Å². The number of aliphatic hydroxyl groups excluding tert-OH is 1. The molecule has 1 fully saturated rings. The molecule has 5 heteroatoms. The molecule has 5 nitrogen and oxygen atoms in total. The van der Waals surface area contributed by atoms with E-state index in [0.29, 0.717) is 39.1 Å². The smallest absolute Gasteiger partial charge is 0.313 e. The summed E-state index contributed by atoms with van der Waals surface area (Å²) in [6, 6.07) is 6.09. The summed E-state index contributed by atoms with van der Waals surface area (Å²) in [4.78, 5) is 13.9. The van der Waals surface area contributed by atoms with Gasteiger partial charge < -0.3 is 14.9 Å². The molecule has 1 aromatic rings. The number of carboxylic acids is 1. The maximum atomic E-state index is 11.8. The van der Waals surface area contributed by atoms with Crippen molar-refractivity contribution in [2.45, 2.75) is 46.1 Å². The second kappa shape index (κ2) is 7.99. The topological polar surface area (TPSA) is 70.0 Å². The Kier molecular flexibility index (Phi) is 6.24. The molecule has 0 bridgehead atoms. The van der Waals surface area contributed by atoms with Crippen LogP contribution in [0.25, 0.3) is 0 Å². The van der Waals surface area contributed by atoms with Crippen molar-refractivity contribution in [2.24, 2.45) is 5.41 Å². The van der Waals surface area contributed by atoms with Crippen LogP contribution < -0.4 is 4.74 Å². The molecule has 2 atom stereocenters. The molecule has 2 N–H and O–H groups in total. The van der Waals surface area contributed by atoms with Crippen LogP contribution in [-0.2, 0) is 4.79 Å². The molecule has 2 rings (SSSR count). The predicted octanol–water partition coefficient (Wildman–Crippen LogP) is 2.62. The first kappa shape index (κ1) is 18.7. The van der Waals surface area contributed by atoms with Gasteiger partial charge in [0.25, 0.3) is 0 Å². The summed E-state index contributed by atoms with van der Waals surface area (Å²) in [5.74, 6) is -0.0208. The Labute approximate surface area is 144 Å². The monoisotopic (exact) mass is 335 g/mol. The molecule has 24 heavy (non-hydrogen) atoms. The van der Waals surface area contributed by atoms with Crippen molar-refractivity contribution in [3.05, 3.63) is 29.3 Å². The summed E-state index contributed by atoms with van der Waals surface area (Å²) in [7, 11) is 0. The maximum absolute atomic E-state index is 11.8. The van der Waals surface area contributed by atoms with E-state index < -0.39 is 17.5 Å². The lowest BCUT2D eigenvalue weighted by Crippen LogP contribution is -2.56. The Bertz CT molecular complexity index is 574. The molecule has 1 aliphatic rings. The Morgan fingerprint density at radius 3 is 2.79 bits per heavy atom. The highest BCUT2D eigenvalue weighted by Gasteiger charge is 2.48. The number of hydrogen-bond donors (Lipinski definition) is 2. The Hall–Kier alpha value is -1.59. The third kappa shape index (κ3) is 4.08. The number of carbonyl (C=O) groups is 1. The summed E-state index contributed by atoms with van der Waals surface area (Å²) < 4.78 is 5.86. The average Bonchev–Trinajstić information content (AvgIpc) is 2.52. The van der Waals surface area contributed by atoms with Gasteiger partial charge in [-0.2, -0.15) is 0 Å². The number of aliphatic carboxylic acids is 1. The summed E-state index contributed by atoms with van der Waals surface area (Å²) in [6.07, 6.45) is 0.968. The first-order valence-electron chi connectivity index (χ1n) is 8.73. The second-order valence-electron chi connectivity index (χ2n) is 6.91. The molecule has 0 amide bonds. The van der Waals surface area contributed by atoms with E-state index in [-0.39, 0.29) is 0 Å². The van der Waals surface area contributed by atoms with Gasteiger partial charge in [0, 0.05) is 19.6 Å². The van der Waals surface area contributed by atoms with Crippen molar-refractivity contribution in [3.63, 3.8) is 0 Å². The van der Waals surface area contributed by atoms with Gasteiger partial charge in [-0.1, -0.05) is 31.0 Å². The zero-order valence-electron chi connectivity index (χ0n) is 14.9. The van der Waals surface area contributed by atoms with Crippen LogP contribution in [0.2, 0.25) is 0 Å². The standard InChI is InChI=1S/C19H29NO4/c1-4-8-19(18(22)23)13-20(9-7-17(19)21)10-11-24-16-6-5-14(2)12-15(16)3/h5-6,12,17,21H,4,7-11,13H2,1-3H3,(H,22,23)/t17-,19+/m1/s1. The van der Waals surface area contributed by atoms with Gasteiger partial charge in [-0.3, -0.25) is 9.69 Å². The summed E-state index contributed by atoms with van der Waals surface area (Å²) in [6.45, 7) is 8.30. The molecule has 0 spiro atoms. The van der Waals surface area contributed by atoms with Gasteiger partial charge in [-0.25, -0.2) is 0 Å². The van der Waals surface area contributed by atoms with E-state index in [9.17, 15) is 15.0 Å². The second-order valence-corrected chi connectivity index (χ2v) is 6.91. The van der Waals surface area contributed by atoms with Gasteiger partial charge >= 0.3 is 5.97 Å². The van der Waals surface area contributed by atoms with Crippen LogP contribution in [0.1, 0.15) is 37.3 Å². The highest BCUT2D eigenvalue weighted by atomic mass is 16.5. The number of piperidine rings is 1. The van der Waals surface area contributed by atoms with Crippen molar-refractivity contribution >= 4 is 5.97 Å². The maximum Gasteiger partial charge on any atom is 0.313 e. The zero-order valence-corrected chi connectivity index (χ0v) is 14.9. The molecule has 0 aromatic heterocycles. The van der Waals surface area contributed by atoms with Crippen molar-refractivity contribution < 1.29 is 19.7 Å². The van der Waals surface area contributed by atoms with E-state index in [2.05, 4.69) is 17.9 Å². The number of carboxylic acid groups (broad SMARTS) is 1. The molecule has 134 valence electrons. The minimum Gasteiger partial charge on any atom is -0.492 e. The Morgan fingerprint density at radius 2 is 2.17 bits per heavy atom. The molecule has 1 aromatic carbocycles. The van der Waals surface area contributed by atoms with E-state index >= 15 is 0 Å². The lowest BCUT2D eigenvalue weighted by Gasteiger charge is -2.43. The van der Waals surface area contributed by atoms with Crippen LogP contribution in [-0.4, -0.2) is 53.4 Å². The number of aliphatic hydroxyl groups is 1. The number of hydrogen-bond acceptors (Lipinski definition) is 4. The van der Waals surface area contributed by atoms with E-state index in [1.807, 2.05) is 26.0 Å². The van der Waals surface area contributed by atoms with Crippen molar-refractivity contribution in [1.29, 1.82) is 0 Å². The fourth-order valence-electron chi connectivity index (χ4n) is 3.61. The van der Waals surface area contributed by atoms with Gasteiger partial charge in [0.05, 0.1) is 6.10 Å². The SMILES string of the molecule is CCC[C@]1(C(=O)O)CN(CCOc2ccc(C)cc2C)CC[C@H]1O. The number of ether oxygens (including phenoxy) is 1. The molecule has 0 aliphatic carbocycles. The molecule has 0 radical (unpaired) electrons. The highest BCUT2D eigenvalue weighted by molar-refractivity contribution is 5.76. The zero-order chi connectivity index (χ0) is 17.7. The molecule has 1 saturated heterocycles. The number of aryl methyl sites for hydroxylation is 2. The Morgan fingerprint density at radius 1 is 1.42 bits per heavy atom. The van der Waals surface area contributed by atoms with Gasteiger partial charge in [0.1, 0.15) is 17.8 Å². The fraction of sp³-hybridized carbons (Fsp3) is 0.632. The summed E-state index contributed by atoms with van der Waals surface area (Å²) in [5.41, 5.74) is 1.26. The van der Waals surface area contributed by atoms with Gasteiger partial charge in [0.2, 0.25) is 0 Å². The van der Waals surface area contributed by atoms with E-state index in [0.717, 1.165) is 17.7 Å². The van der Waals surface area contributed by atoms with Crippen molar-refractivity contribution in [2.75, 3.05) is 26.2 Å². The molecule has 0 saturated carbocycles. The van der Waals surface area contributed by atoms with Crippen LogP contribution in [0.15, 0.2) is 18.2 Å². The third-order valence-electron chi connectivity index (χ3n) is 4.98. The fourth-order valence-corrected chi connectivity index (χ4v) is 3.61. The van der Waals surface area contributed by atoms with E-state index in [1.165, 1.54) is 5.56 Å². The first-order chi connectivity index (χ1) is 11.4. The quantitative estimate of drug-likeness (QED) is 0.801. The largest absolute Gasteiger partial charge is 0.492 e. The summed E-state index contributed by atoms with van der Waals surface area (Å²) >= 11 is 0. The number of rotatable bonds is 7. The van der Waals surface area contributed by atoms with Crippen molar-refractivity contribution in [3.8, 4) is 5.75 Å².